The summed E-state index contributed by atoms with van der Waals surface area (Å²) in [4.78, 5) is 12.0. The Balaban J connectivity index is 2.98. The summed E-state index contributed by atoms with van der Waals surface area (Å²) in [6.45, 7) is 4.73. The lowest BCUT2D eigenvalue weighted by Gasteiger charge is -2.12. The van der Waals surface area contributed by atoms with Gasteiger partial charge < -0.3 is 14.8 Å². The van der Waals surface area contributed by atoms with Gasteiger partial charge in [-0.25, -0.2) is 0 Å². The van der Waals surface area contributed by atoms with Gasteiger partial charge in [0, 0.05) is 11.0 Å². The van der Waals surface area contributed by atoms with Crippen LogP contribution in [0.3, 0.4) is 0 Å². The first-order valence-corrected chi connectivity index (χ1v) is 6.48. The van der Waals surface area contributed by atoms with Crippen molar-refractivity contribution < 1.29 is 14.3 Å². The van der Waals surface area contributed by atoms with Crippen molar-refractivity contribution in [2.24, 2.45) is 5.92 Å². The van der Waals surface area contributed by atoms with Crippen molar-refractivity contribution in [2.75, 3.05) is 20.8 Å². The molecule has 1 N–H and O–H groups in total. The number of halogens is 1. The molecule has 1 amide bonds. The summed E-state index contributed by atoms with van der Waals surface area (Å²) < 4.78 is 11.0. The van der Waals surface area contributed by atoms with Gasteiger partial charge in [0.05, 0.1) is 19.8 Å². The molecule has 1 aromatic rings. The second kappa shape index (κ2) is 6.64. The van der Waals surface area contributed by atoms with Gasteiger partial charge in [-0.1, -0.05) is 13.8 Å². The molecule has 0 saturated heterocycles. The van der Waals surface area contributed by atoms with Crippen LogP contribution in [-0.2, 0) is 0 Å². The smallest absolute Gasteiger partial charge is 0.252 e. The minimum absolute atomic E-state index is 0.128. The number of benzene rings is 1. The number of carbonyl (C=O) groups is 1. The van der Waals surface area contributed by atoms with Gasteiger partial charge in [0.2, 0.25) is 0 Å². The van der Waals surface area contributed by atoms with E-state index in [4.69, 9.17) is 9.47 Å². The number of hydrogen-bond acceptors (Lipinski definition) is 3. The summed E-state index contributed by atoms with van der Waals surface area (Å²) in [5.74, 6) is 1.41. The van der Waals surface area contributed by atoms with Crippen LogP contribution in [0.1, 0.15) is 24.2 Å². The molecule has 0 unspecified atom stereocenters. The number of carbonyl (C=O) groups excluding carboxylic acids is 1. The summed E-state index contributed by atoms with van der Waals surface area (Å²) in [6.07, 6.45) is 0. The first-order chi connectivity index (χ1) is 8.49. The molecule has 0 aliphatic rings. The molecule has 1 rings (SSSR count). The maximum Gasteiger partial charge on any atom is 0.252 e. The highest BCUT2D eigenvalue weighted by Gasteiger charge is 2.15. The van der Waals surface area contributed by atoms with E-state index in [1.807, 2.05) is 13.8 Å². The van der Waals surface area contributed by atoms with Crippen LogP contribution in [-0.4, -0.2) is 26.7 Å². The highest BCUT2D eigenvalue weighted by molar-refractivity contribution is 9.10. The van der Waals surface area contributed by atoms with Crippen LogP contribution >= 0.6 is 15.9 Å². The Bertz CT molecular complexity index is 432. The Labute approximate surface area is 116 Å². The summed E-state index contributed by atoms with van der Waals surface area (Å²) >= 11 is 3.36. The van der Waals surface area contributed by atoms with Gasteiger partial charge in [0.1, 0.15) is 0 Å². The first-order valence-electron chi connectivity index (χ1n) is 5.69. The number of ether oxygens (including phenoxy) is 2. The molecule has 1 aromatic carbocycles. The highest BCUT2D eigenvalue weighted by Crippen LogP contribution is 2.33. The molecule has 0 fully saturated rings. The number of amides is 1. The zero-order valence-electron chi connectivity index (χ0n) is 11.0. The Kier molecular flexibility index (Phi) is 5.47. The molecule has 0 saturated carbocycles. The van der Waals surface area contributed by atoms with Crippen molar-refractivity contribution in [3.05, 3.63) is 22.2 Å². The van der Waals surface area contributed by atoms with Gasteiger partial charge in [0.15, 0.2) is 11.5 Å². The van der Waals surface area contributed by atoms with Crippen LogP contribution in [0, 0.1) is 5.92 Å². The molecule has 5 heteroatoms. The molecule has 100 valence electrons. The SMILES string of the molecule is COc1cc(Br)c(C(=O)NCC(C)C)cc1OC. The highest BCUT2D eigenvalue weighted by atomic mass is 79.9. The normalized spacial score (nSPS) is 10.3. The second-order valence-electron chi connectivity index (χ2n) is 4.29. The Morgan fingerprint density at radius 2 is 1.83 bits per heavy atom. The van der Waals surface area contributed by atoms with Crippen molar-refractivity contribution in [1.82, 2.24) is 5.32 Å². The predicted octanol–water partition coefficient (Wildman–Crippen LogP) is 2.85. The summed E-state index contributed by atoms with van der Waals surface area (Å²) in [7, 11) is 3.10. The summed E-state index contributed by atoms with van der Waals surface area (Å²) in [6, 6.07) is 3.39. The van der Waals surface area contributed by atoms with Crippen LogP contribution in [0.2, 0.25) is 0 Å². The third-order valence-electron chi connectivity index (χ3n) is 2.39. The third-order valence-corrected chi connectivity index (χ3v) is 3.04. The molecule has 0 radical (unpaired) electrons. The molecule has 0 aliphatic carbocycles. The van der Waals surface area contributed by atoms with Gasteiger partial charge in [-0.15, -0.1) is 0 Å². The van der Waals surface area contributed by atoms with Crippen molar-refractivity contribution in [2.45, 2.75) is 13.8 Å². The number of hydrogen-bond donors (Lipinski definition) is 1. The lowest BCUT2D eigenvalue weighted by Crippen LogP contribution is -2.27. The summed E-state index contributed by atoms with van der Waals surface area (Å²) in [5, 5.41) is 2.86. The van der Waals surface area contributed by atoms with E-state index in [-0.39, 0.29) is 5.91 Å². The van der Waals surface area contributed by atoms with Crippen molar-refractivity contribution in [1.29, 1.82) is 0 Å². The first kappa shape index (κ1) is 14.8. The minimum Gasteiger partial charge on any atom is -0.493 e. The van der Waals surface area contributed by atoms with Gasteiger partial charge in [-0.05, 0) is 34.0 Å². The van der Waals surface area contributed by atoms with Crippen molar-refractivity contribution in [3.8, 4) is 11.5 Å². The Hall–Kier alpha value is -1.23. The molecular formula is C13H18BrNO3. The fourth-order valence-electron chi connectivity index (χ4n) is 1.42. The molecule has 0 aromatic heterocycles. The quantitative estimate of drug-likeness (QED) is 0.909. The van der Waals surface area contributed by atoms with Crippen LogP contribution in [0.4, 0.5) is 0 Å². The Morgan fingerprint density at radius 3 is 2.33 bits per heavy atom. The molecule has 0 atom stereocenters. The zero-order valence-corrected chi connectivity index (χ0v) is 12.6. The lowest BCUT2D eigenvalue weighted by molar-refractivity contribution is 0.0948. The second-order valence-corrected chi connectivity index (χ2v) is 5.15. The molecular weight excluding hydrogens is 298 g/mol. The van der Waals surface area contributed by atoms with Crippen LogP contribution in [0.15, 0.2) is 16.6 Å². The largest absolute Gasteiger partial charge is 0.493 e. The van der Waals surface area contributed by atoms with E-state index in [9.17, 15) is 4.79 Å². The average Bonchev–Trinajstić information content (AvgIpc) is 2.35. The molecule has 18 heavy (non-hydrogen) atoms. The van der Waals surface area contributed by atoms with E-state index in [0.717, 1.165) is 0 Å². The molecule has 0 bridgehead atoms. The minimum atomic E-state index is -0.128. The van der Waals surface area contributed by atoms with E-state index >= 15 is 0 Å². The van der Waals surface area contributed by atoms with Gasteiger partial charge in [-0.3, -0.25) is 4.79 Å². The monoisotopic (exact) mass is 315 g/mol. The summed E-state index contributed by atoms with van der Waals surface area (Å²) in [5.41, 5.74) is 0.535. The van der Waals surface area contributed by atoms with Crippen molar-refractivity contribution in [3.63, 3.8) is 0 Å². The topological polar surface area (TPSA) is 47.6 Å². The van der Waals surface area contributed by atoms with Gasteiger partial charge in [-0.2, -0.15) is 0 Å². The van der Waals surface area contributed by atoms with E-state index in [2.05, 4.69) is 21.2 Å². The van der Waals surface area contributed by atoms with E-state index in [1.165, 1.54) is 0 Å². The van der Waals surface area contributed by atoms with Crippen LogP contribution in [0.25, 0.3) is 0 Å². The average molecular weight is 316 g/mol. The molecule has 0 heterocycles. The van der Waals surface area contributed by atoms with Crippen LogP contribution in [0.5, 0.6) is 11.5 Å². The van der Waals surface area contributed by atoms with Crippen molar-refractivity contribution >= 4 is 21.8 Å². The number of rotatable bonds is 5. The fourth-order valence-corrected chi connectivity index (χ4v) is 1.92. The standard InChI is InChI=1S/C13H18BrNO3/c1-8(2)7-15-13(16)9-5-11(17-3)12(18-4)6-10(9)14/h5-6,8H,7H2,1-4H3,(H,15,16). The molecule has 0 spiro atoms. The molecule has 4 nitrogen and oxygen atoms in total. The Morgan fingerprint density at radius 1 is 1.28 bits per heavy atom. The van der Waals surface area contributed by atoms with E-state index < -0.39 is 0 Å². The third kappa shape index (κ3) is 3.63. The zero-order chi connectivity index (χ0) is 13.7. The molecule has 0 aliphatic heterocycles. The predicted molar refractivity (Wildman–Crippen MR) is 74.4 cm³/mol. The van der Waals surface area contributed by atoms with Crippen LogP contribution < -0.4 is 14.8 Å². The van der Waals surface area contributed by atoms with E-state index in [1.54, 1.807) is 26.4 Å². The maximum atomic E-state index is 12.0. The lowest BCUT2D eigenvalue weighted by atomic mass is 10.1. The maximum absolute atomic E-state index is 12.0. The van der Waals surface area contributed by atoms with Gasteiger partial charge >= 0.3 is 0 Å². The number of methoxy groups -OCH3 is 2. The fraction of sp³-hybridized carbons (Fsp3) is 0.462. The van der Waals surface area contributed by atoms with E-state index in [0.29, 0.717) is 34.0 Å². The van der Waals surface area contributed by atoms with Gasteiger partial charge in [0.25, 0.3) is 5.91 Å². The number of nitrogens with one attached hydrogen (secondary N) is 1.